The fraction of sp³-hybridized carbons (Fsp3) is 0.214. The van der Waals surface area contributed by atoms with Gasteiger partial charge in [-0.2, -0.15) is 13.2 Å². The van der Waals surface area contributed by atoms with Crippen LogP contribution < -0.4 is 4.74 Å². The Morgan fingerprint density at radius 3 is 2.33 bits per heavy atom. The molecular weight excluding hydrogens is 390 g/mol. The summed E-state index contributed by atoms with van der Waals surface area (Å²) >= 11 is 5.60. The second kappa shape index (κ2) is 6.42. The lowest BCUT2D eigenvalue weighted by Crippen LogP contribution is -2.09. The fourth-order valence-electron chi connectivity index (χ4n) is 1.99. The summed E-state index contributed by atoms with van der Waals surface area (Å²) in [5.41, 5.74) is -0.714. The molecule has 1 aromatic heterocycles. The summed E-state index contributed by atoms with van der Waals surface area (Å²) in [4.78, 5) is 3.42. The molecule has 0 amide bonds. The molecule has 0 aliphatic rings. The van der Waals surface area contributed by atoms with Gasteiger partial charge in [-0.05, 0) is 43.2 Å². The summed E-state index contributed by atoms with van der Waals surface area (Å²) in [6.45, 7) is 2.91. The van der Waals surface area contributed by atoms with E-state index in [9.17, 15) is 21.6 Å². The molecule has 4 nitrogen and oxygen atoms in total. The van der Waals surface area contributed by atoms with Crippen LogP contribution in [0.25, 0.3) is 0 Å². The summed E-state index contributed by atoms with van der Waals surface area (Å²) in [5, 5.41) is -0.554. The van der Waals surface area contributed by atoms with Crippen LogP contribution in [0, 0.1) is 13.8 Å². The Bertz CT molecular complexity index is 899. The zero-order chi connectivity index (χ0) is 18.3. The SMILES string of the molecule is Cc1cc(S(=O)(=O)Cl)c(C)cc1Oc1nccc(Cl)c1C(F)(F)F. The van der Waals surface area contributed by atoms with Crippen molar-refractivity contribution in [1.29, 1.82) is 0 Å². The first kappa shape index (κ1) is 18.8. The van der Waals surface area contributed by atoms with E-state index < -0.39 is 31.7 Å². The summed E-state index contributed by atoms with van der Waals surface area (Å²) in [7, 11) is 1.32. The minimum atomic E-state index is -4.76. The molecule has 0 radical (unpaired) electrons. The molecular formula is C14H10Cl2F3NO3S. The van der Waals surface area contributed by atoms with Crippen molar-refractivity contribution in [2.24, 2.45) is 0 Å². The van der Waals surface area contributed by atoms with Crippen molar-refractivity contribution in [3.63, 3.8) is 0 Å². The maximum atomic E-state index is 13.1. The predicted molar refractivity (Wildman–Crippen MR) is 83.3 cm³/mol. The van der Waals surface area contributed by atoms with E-state index in [0.717, 1.165) is 12.3 Å². The van der Waals surface area contributed by atoms with E-state index in [0.29, 0.717) is 0 Å². The molecule has 0 bridgehead atoms. The number of halogens is 5. The Hall–Kier alpha value is -1.51. The molecule has 0 spiro atoms. The van der Waals surface area contributed by atoms with Gasteiger partial charge in [-0.1, -0.05) is 11.6 Å². The van der Waals surface area contributed by atoms with Gasteiger partial charge in [-0.15, -0.1) is 0 Å². The highest BCUT2D eigenvalue weighted by atomic mass is 35.7. The third-order valence-electron chi connectivity index (χ3n) is 3.09. The minimum absolute atomic E-state index is 0.0110. The van der Waals surface area contributed by atoms with Crippen molar-refractivity contribution >= 4 is 31.3 Å². The van der Waals surface area contributed by atoms with Gasteiger partial charge in [0.15, 0.2) is 0 Å². The summed E-state index contributed by atoms with van der Waals surface area (Å²) < 4.78 is 67.5. The molecule has 24 heavy (non-hydrogen) atoms. The average Bonchev–Trinajstić information content (AvgIpc) is 2.39. The maximum absolute atomic E-state index is 13.1. The molecule has 0 aliphatic carbocycles. The van der Waals surface area contributed by atoms with Crippen LogP contribution >= 0.6 is 22.3 Å². The van der Waals surface area contributed by atoms with E-state index in [1.54, 1.807) is 0 Å². The largest absolute Gasteiger partial charge is 0.438 e. The standard InChI is InChI=1S/C14H10Cl2F3NO3S/c1-7-6-11(24(16,21)22)8(2)5-10(7)23-13-12(14(17,18)19)9(15)3-4-20-13/h3-6H,1-2H3. The van der Waals surface area contributed by atoms with Crippen LogP contribution in [-0.2, 0) is 15.2 Å². The second-order valence-electron chi connectivity index (χ2n) is 4.89. The summed E-state index contributed by atoms with van der Waals surface area (Å²) in [6, 6.07) is 3.48. The van der Waals surface area contributed by atoms with Crippen LogP contribution in [0.3, 0.4) is 0 Å². The van der Waals surface area contributed by atoms with Gasteiger partial charge in [0.05, 0.1) is 9.92 Å². The first-order valence-electron chi connectivity index (χ1n) is 6.36. The van der Waals surface area contributed by atoms with Gasteiger partial charge < -0.3 is 4.74 Å². The van der Waals surface area contributed by atoms with Crippen molar-refractivity contribution < 1.29 is 26.3 Å². The number of alkyl halides is 3. The van der Waals surface area contributed by atoms with Crippen LogP contribution in [0.2, 0.25) is 5.02 Å². The topological polar surface area (TPSA) is 56.3 Å². The molecule has 0 fully saturated rings. The fourth-order valence-corrected chi connectivity index (χ4v) is 3.50. The van der Waals surface area contributed by atoms with Gasteiger partial charge >= 0.3 is 6.18 Å². The molecule has 0 unspecified atom stereocenters. The minimum Gasteiger partial charge on any atom is -0.438 e. The van der Waals surface area contributed by atoms with E-state index in [-0.39, 0.29) is 21.8 Å². The van der Waals surface area contributed by atoms with Gasteiger partial charge in [0, 0.05) is 16.9 Å². The van der Waals surface area contributed by atoms with Gasteiger partial charge in [0.2, 0.25) is 5.88 Å². The summed E-state index contributed by atoms with van der Waals surface area (Å²) in [5.74, 6) is -0.712. The number of pyridine rings is 1. The monoisotopic (exact) mass is 399 g/mol. The number of benzene rings is 1. The number of aromatic nitrogens is 1. The van der Waals surface area contributed by atoms with Crippen molar-refractivity contribution in [3.8, 4) is 11.6 Å². The highest BCUT2D eigenvalue weighted by Crippen LogP contribution is 2.42. The zero-order valence-electron chi connectivity index (χ0n) is 12.3. The van der Waals surface area contributed by atoms with E-state index >= 15 is 0 Å². The molecule has 1 aromatic carbocycles. The third-order valence-corrected chi connectivity index (χ3v) is 4.87. The second-order valence-corrected chi connectivity index (χ2v) is 7.84. The van der Waals surface area contributed by atoms with Gasteiger partial charge in [-0.25, -0.2) is 13.4 Å². The first-order chi connectivity index (χ1) is 10.9. The quantitative estimate of drug-likeness (QED) is 0.674. The predicted octanol–water partition coefficient (Wildman–Crippen LogP) is 5.09. The molecule has 10 heteroatoms. The van der Waals surface area contributed by atoms with E-state index in [1.165, 1.54) is 26.0 Å². The smallest absolute Gasteiger partial charge is 0.423 e. The van der Waals surface area contributed by atoms with E-state index in [1.807, 2.05) is 0 Å². The van der Waals surface area contributed by atoms with Crippen molar-refractivity contribution in [1.82, 2.24) is 4.98 Å². The van der Waals surface area contributed by atoms with Crippen molar-refractivity contribution in [3.05, 3.63) is 46.1 Å². The molecule has 0 atom stereocenters. The number of hydrogen-bond donors (Lipinski definition) is 0. The van der Waals surface area contributed by atoms with Crippen LogP contribution in [0.5, 0.6) is 11.6 Å². The van der Waals surface area contributed by atoms with Crippen molar-refractivity contribution in [2.75, 3.05) is 0 Å². The normalized spacial score (nSPS) is 12.3. The van der Waals surface area contributed by atoms with Gasteiger partial charge in [0.1, 0.15) is 11.3 Å². The number of rotatable bonds is 3. The van der Waals surface area contributed by atoms with Gasteiger partial charge in [-0.3, -0.25) is 0 Å². The van der Waals surface area contributed by atoms with Gasteiger partial charge in [0.25, 0.3) is 9.05 Å². The molecule has 1 heterocycles. The van der Waals surface area contributed by atoms with Crippen molar-refractivity contribution in [2.45, 2.75) is 24.9 Å². The highest BCUT2D eigenvalue weighted by Gasteiger charge is 2.38. The van der Waals surface area contributed by atoms with Crippen LogP contribution in [0.4, 0.5) is 13.2 Å². The van der Waals surface area contributed by atoms with Crippen LogP contribution in [-0.4, -0.2) is 13.4 Å². The Kier molecular flexibility index (Phi) is 5.03. The molecule has 130 valence electrons. The third kappa shape index (κ3) is 3.93. The molecule has 0 saturated heterocycles. The molecule has 2 rings (SSSR count). The lowest BCUT2D eigenvalue weighted by Gasteiger charge is -2.16. The molecule has 0 saturated carbocycles. The van der Waals surface area contributed by atoms with Crippen LogP contribution in [0.15, 0.2) is 29.3 Å². The lowest BCUT2D eigenvalue weighted by atomic mass is 10.1. The molecule has 2 aromatic rings. The Labute approximate surface area is 145 Å². The zero-order valence-corrected chi connectivity index (χ0v) is 14.6. The first-order valence-corrected chi connectivity index (χ1v) is 9.05. The molecule has 0 aliphatic heterocycles. The number of hydrogen-bond acceptors (Lipinski definition) is 4. The van der Waals surface area contributed by atoms with E-state index in [2.05, 4.69) is 4.98 Å². The number of aryl methyl sites for hydroxylation is 2. The Morgan fingerprint density at radius 2 is 1.79 bits per heavy atom. The number of ether oxygens (including phenoxy) is 1. The van der Waals surface area contributed by atoms with Crippen LogP contribution in [0.1, 0.15) is 16.7 Å². The van der Waals surface area contributed by atoms with E-state index in [4.69, 9.17) is 27.0 Å². The number of nitrogens with zero attached hydrogens (tertiary/aromatic N) is 1. The summed E-state index contributed by atoms with van der Waals surface area (Å²) in [6.07, 6.45) is -3.68. The lowest BCUT2D eigenvalue weighted by molar-refractivity contribution is -0.138. The Balaban J connectivity index is 2.55. The Morgan fingerprint density at radius 1 is 1.17 bits per heavy atom. The molecule has 0 N–H and O–H groups in total. The maximum Gasteiger partial charge on any atom is 0.423 e. The average molecular weight is 400 g/mol. The highest BCUT2D eigenvalue weighted by molar-refractivity contribution is 8.13.